The van der Waals surface area contributed by atoms with Crippen molar-refractivity contribution >= 4 is 0 Å². The van der Waals surface area contributed by atoms with Crippen molar-refractivity contribution in [2.24, 2.45) is 22.9 Å². The van der Waals surface area contributed by atoms with Crippen LogP contribution in [0.15, 0.2) is 0 Å². The first-order valence-electron chi connectivity index (χ1n) is 16.5. The van der Waals surface area contributed by atoms with Gasteiger partial charge in [-0.05, 0) is 19.3 Å². The first-order chi connectivity index (χ1) is 23.0. The van der Waals surface area contributed by atoms with E-state index < -0.39 is 124 Å². The van der Waals surface area contributed by atoms with Crippen LogP contribution in [-0.2, 0) is 28.4 Å². The Morgan fingerprint density at radius 3 is 2.02 bits per heavy atom. The van der Waals surface area contributed by atoms with Crippen LogP contribution in [0.25, 0.3) is 0 Å². The Labute approximate surface area is 278 Å². The molecule has 0 aromatic carbocycles. The molecule has 3 heterocycles. The van der Waals surface area contributed by atoms with E-state index in [1.807, 2.05) is 0 Å². The molecule has 4 rings (SSSR count). The average molecular weight is 701 g/mol. The van der Waals surface area contributed by atoms with Gasteiger partial charge in [-0.2, -0.15) is 0 Å². The minimum absolute atomic E-state index is 0.0411. The van der Waals surface area contributed by atoms with Crippen LogP contribution in [0.4, 0.5) is 0 Å². The van der Waals surface area contributed by atoms with Crippen molar-refractivity contribution in [1.29, 1.82) is 0 Å². The number of nitrogens with two attached hydrogens (primary N) is 4. The van der Waals surface area contributed by atoms with Crippen molar-refractivity contribution in [2.75, 3.05) is 46.1 Å². The summed E-state index contributed by atoms with van der Waals surface area (Å²) in [5.41, 5.74) is 24.6. The molecule has 18 N–H and O–H groups in total. The van der Waals surface area contributed by atoms with Gasteiger partial charge < -0.3 is 103 Å². The summed E-state index contributed by atoms with van der Waals surface area (Å²) in [6.07, 6.45) is -14.5. The summed E-state index contributed by atoms with van der Waals surface area (Å²) in [6, 6.07) is -4.20. The summed E-state index contributed by atoms with van der Waals surface area (Å²) in [6.45, 7) is -0.895. The quantitative estimate of drug-likeness (QED) is 0.0665. The Hall–Kier alpha value is -0.800. The maximum absolute atomic E-state index is 11.6. The molecule has 1 aliphatic carbocycles. The smallest absolute Gasteiger partial charge is 0.187 e. The molecule has 20 heteroatoms. The summed E-state index contributed by atoms with van der Waals surface area (Å²) in [4.78, 5) is 0. The summed E-state index contributed by atoms with van der Waals surface area (Å²) in [7, 11) is 0. The molecule has 0 spiro atoms. The van der Waals surface area contributed by atoms with Crippen molar-refractivity contribution in [2.45, 2.75) is 129 Å². The van der Waals surface area contributed by atoms with Gasteiger partial charge in [-0.3, -0.25) is 0 Å². The molecule has 0 bridgehead atoms. The van der Waals surface area contributed by atoms with Crippen LogP contribution in [-0.4, -0.2) is 197 Å². The highest BCUT2D eigenvalue weighted by atomic mass is 16.8. The number of ether oxygens (including phenoxy) is 6. The normalized spacial score (nSPS) is 45.6. The van der Waals surface area contributed by atoms with Crippen LogP contribution >= 0.6 is 0 Å². The molecule has 17 atom stereocenters. The number of hydrogen-bond donors (Lipinski definition) is 14. The standard InChI is InChI=1S/C28H56N6O14/c29-6-16-20(40)21(41)18(32)27(44-16)47-24-17(10-38)45-28(22(24)42)48-25-19(39)15(34-11(8-36)9-37)5-14(31)23(25)46-26-13(30)2-1-12(43-26)7-33-3-4-35/h11-28,33-42H,1-10,29-32H2/t12-,13+,14-,15+,16-,17+,18+,19-,20+,21+,22+,23+,24+,25+,26+,27+,28-/m0/s1. The highest BCUT2D eigenvalue weighted by Crippen LogP contribution is 2.34. The van der Waals surface area contributed by atoms with Gasteiger partial charge in [0.05, 0.1) is 56.8 Å². The third kappa shape index (κ3) is 9.35. The van der Waals surface area contributed by atoms with Gasteiger partial charge in [-0.1, -0.05) is 0 Å². The molecule has 20 nitrogen and oxygen atoms in total. The van der Waals surface area contributed by atoms with E-state index in [9.17, 15) is 35.7 Å². The van der Waals surface area contributed by atoms with Crippen molar-refractivity contribution in [3.8, 4) is 0 Å². The van der Waals surface area contributed by atoms with Gasteiger partial charge in [-0.25, -0.2) is 0 Å². The molecular formula is C28H56N6O14. The van der Waals surface area contributed by atoms with E-state index in [0.717, 1.165) is 0 Å². The van der Waals surface area contributed by atoms with Crippen molar-refractivity contribution in [3.63, 3.8) is 0 Å². The number of rotatable bonds is 16. The van der Waals surface area contributed by atoms with Crippen molar-refractivity contribution in [1.82, 2.24) is 10.6 Å². The highest BCUT2D eigenvalue weighted by molar-refractivity contribution is 5.03. The molecule has 0 unspecified atom stereocenters. The summed E-state index contributed by atoms with van der Waals surface area (Å²) in [5.74, 6) is 0. The summed E-state index contributed by atoms with van der Waals surface area (Å²) >= 11 is 0. The van der Waals surface area contributed by atoms with Crippen LogP contribution in [0.5, 0.6) is 0 Å². The topological polar surface area (TPSA) is 345 Å². The molecule has 3 aliphatic heterocycles. The fraction of sp³-hybridized carbons (Fsp3) is 1.00. The second-order valence-electron chi connectivity index (χ2n) is 12.9. The van der Waals surface area contributed by atoms with Gasteiger partial charge in [0, 0.05) is 31.7 Å². The monoisotopic (exact) mass is 700 g/mol. The minimum atomic E-state index is -1.60. The van der Waals surface area contributed by atoms with Crippen LogP contribution in [0, 0.1) is 0 Å². The Balaban J connectivity index is 1.52. The lowest BCUT2D eigenvalue weighted by Gasteiger charge is -2.47. The second kappa shape index (κ2) is 18.6. The van der Waals surface area contributed by atoms with Crippen LogP contribution < -0.4 is 33.6 Å². The van der Waals surface area contributed by atoms with E-state index in [1.54, 1.807) is 0 Å². The first-order valence-corrected chi connectivity index (χ1v) is 16.5. The first kappa shape index (κ1) is 40.0. The van der Waals surface area contributed by atoms with Crippen LogP contribution in [0.1, 0.15) is 19.3 Å². The highest BCUT2D eigenvalue weighted by Gasteiger charge is 2.54. The van der Waals surface area contributed by atoms with Gasteiger partial charge in [0.15, 0.2) is 18.9 Å². The number of hydrogen-bond acceptors (Lipinski definition) is 20. The lowest BCUT2D eigenvalue weighted by Crippen LogP contribution is -2.67. The Kier molecular flexibility index (Phi) is 15.5. The maximum Gasteiger partial charge on any atom is 0.187 e. The van der Waals surface area contributed by atoms with E-state index in [1.165, 1.54) is 0 Å². The Morgan fingerprint density at radius 2 is 1.38 bits per heavy atom. The molecule has 4 fully saturated rings. The van der Waals surface area contributed by atoms with E-state index >= 15 is 0 Å². The fourth-order valence-corrected chi connectivity index (χ4v) is 6.57. The summed E-state index contributed by atoms with van der Waals surface area (Å²) < 4.78 is 35.9. The summed E-state index contributed by atoms with van der Waals surface area (Å²) in [5, 5.41) is 88.1. The van der Waals surface area contributed by atoms with Gasteiger partial charge in [-0.15, -0.1) is 0 Å². The zero-order chi connectivity index (χ0) is 35.1. The molecule has 282 valence electrons. The molecule has 0 aromatic rings. The maximum atomic E-state index is 11.6. The Morgan fingerprint density at radius 1 is 0.708 bits per heavy atom. The fourth-order valence-electron chi connectivity index (χ4n) is 6.57. The molecule has 1 saturated carbocycles. The average Bonchev–Trinajstić information content (AvgIpc) is 3.38. The number of nitrogens with one attached hydrogen (secondary N) is 2. The zero-order valence-electron chi connectivity index (χ0n) is 26.8. The molecular weight excluding hydrogens is 644 g/mol. The minimum Gasteiger partial charge on any atom is -0.395 e. The van der Waals surface area contributed by atoms with Crippen LogP contribution in [0.3, 0.4) is 0 Å². The third-order valence-corrected chi connectivity index (χ3v) is 9.40. The van der Waals surface area contributed by atoms with E-state index in [-0.39, 0.29) is 25.7 Å². The van der Waals surface area contributed by atoms with Gasteiger partial charge >= 0.3 is 0 Å². The zero-order valence-corrected chi connectivity index (χ0v) is 26.8. The predicted octanol–water partition coefficient (Wildman–Crippen LogP) is -8.23. The molecule has 0 aromatic heterocycles. The lowest BCUT2D eigenvalue weighted by atomic mass is 9.83. The molecule has 48 heavy (non-hydrogen) atoms. The van der Waals surface area contributed by atoms with E-state index in [4.69, 9.17) is 56.5 Å². The van der Waals surface area contributed by atoms with Gasteiger partial charge in [0.1, 0.15) is 48.8 Å². The predicted molar refractivity (Wildman–Crippen MR) is 163 cm³/mol. The van der Waals surface area contributed by atoms with E-state index in [0.29, 0.717) is 25.9 Å². The third-order valence-electron chi connectivity index (χ3n) is 9.40. The molecule has 3 saturated heterocycles. The second-order valence-corrected chi connectivity index (χ2v) is 12.9. The lowest BCUT2D eigenvalue weighted by molar-refractivity contribution is -0.290. The van der Waals surface area contributed by atoms with Gasteiger partial charge in [0.25, 0.3) is 0 Å². The van der Waals surface area contributed by atoms with Gasteiger partial charge in [0.2, 0.25) is 0 Å². The van der Waals surface area contributed by atoms with E-state index in [2.05, 4.69) is 10.6 Å². The van der Waals surface area contributed by atoms with Crippen molar-refractivity contribution in [3.05, 3.63) is 0 Å². The molecule has 4 aliphatic rings. The Bertz CT molecular complexity index is 947. The molecule has 0 amide bonds. The van der Waals surface area contributed by atoms with Crippen molar-refractivity contribution < 1.29 is 69.3 Å². The largest absolute Gasteiger partial charge is 0.395 e. The molecule has 0 radical (unpaired) electrons. The number of aliphatic hydroxyl groups excluding tert-OH is 8. The SMILES string of the molecule is NC[C@@H]1O[C@H](O[C@H]2[C@@H](O)[C@H](O[C@@H]3[C@@H](O)[C@H](NC(CO)CO)C[C@H](N)[C@H]3O[C@H]3O[C@H](CNCCO)CC[C@H]3N)O[C@@H]2CO)[C@H](N)[C@@H](O)[C@@H]1O. The number of aliphatic hydroxyl groups is 8. The van der Waals surface area contributed by atoms with Crippen LogP contribution in [0.2, 0.25) is 0 Å².